The van der Waals surface area contributed by atoms with E-state index in [1.165, 1.54) is 6.26 Å². The molecule has 0 radical (unpaired) electrons. The summed E-state index contributed by atoms with van der Waals surface area (Å²) in [7, 11) is -3.16. The van der Waals surface area contributed by atoms with Crippen LogP contribution >= 0.6 is 0 Å². The van der Waals surface area contributed by atoms with Gasteiger partial charge in [0.15, 0.2) is 15.8 Å². The first-order valence-electron chi connectivity index (χ1n) is 9.87. The smallest absolute Gasteiger partial charge is 0.250 e. The lowest BCUT2D eigenvalue weighted by molar-refractivity contribution is 0.597. The molecule has 1 aromatic heterocycles. The van der Waals surface area contributed by atoms with Gasteiger partial charge in [-0.1, -0.05) is 18.2 Å². The van der Waals surface area contributed by atoms with Crippen molar-refractivity contribution in [3.8, 4) is 0 Å². The van der Waals surface area contributed by atoms with Crippen LogP contribution in [-0.4, -0.2) is 44.8 Å². The molecule has 8 heteroatoms. The van der Waals surface area contributed by atoms with E-state index in [1.54, 1.807) is 35.0 Å². The second kappa shape index (κ2) is 11.4. The summed E-state index contributed by atoms with van der Waals surface area (Å²) in [5.74, 6) is 0.761. The average molecular weight is 419 g/mol. The van der Waals surface area contributed by atoms with Gasteiger partial charge in [0.25, 0.3) is 0 Å². The van der Waals surface area contributed by atoms with E-state index in [2.05, 4.69) is 15.6 Å². The zero-order valence-corrected chi connectivity index (χ0v) is 17.9. The van der Waals surface area contributed by atoms with Crippen LogP contribution in [0.15, 0.2) is 63.3 Å². The summed E-state index contributed by atoms with van der Waals surface area (Å²) in [4.78, 5) is 16.6. The standard InChI is InChI=1S/C21H30N4O3S/c1-3-22-21(23-14-5-7-17-25-16-6-4-8-20(25)26)24-15-13-18-9-11-19(12-10-18)29(2,27)28/h4,6,8-12,16H,3,5,7,13-15,17H2,1-2H3,(H2,22,23,24). The second-order valence-electron chi connectivity index (χ2n) is 6.79. The normalized spacial score (nSPS) is 12.0. The van der Waals surface area contributed by atoms with Crippen molar-refractivity contribution in [1.82, 2.24) is 15.2 Å². The maximum Gasteiger partial charge on any atom is 0.250 e. The highest BCUT2D eigenvalue weighted by molar-refractivity contribution is 7.90. The predicted molar refractivity (Wildman–Crippen MR) is 117 cm³/mol. The molecule has 0 atom stereocenters. The van der Waals surface area contributed by atoms with Crippen LogP contribution < -0.4 is 16.2 Å². The molecular weight excluding hydrogens is 388 g/mol. The molecule has 0 amide bonds. The van der Waals surface area contributed by atoms with Crippen molar-refractivity contribution in [2.75, 3.05) is 25.9 Å². The number of sulfone groups is 1. The fourth-order valence-electron chi connectivity index (χ4n) is 2.80. The van der Waals surface area contributed by atoms with Crippen molar-refractivity contribution < 1.29 is 8.42 Å². The van der Waals surface area contributed by atoms with E-state index in [9.17, 15) is 13.2 Å². The molecule has 2 N–H and O–H groups in total. The van der Waals surface area contributed by atoms with Gasteiger partial charge in [0.1, 0.15) is 0 Å². The van der Waals surface area contributed by atoms with Crippen LogP contribution in [0.2, 0.25) is 0 Å². The van der Waals surface area contributed by atoms with E-state index in [0.29, 0.717) is 24.5 Å². The molecule has 1 heterocycles. The van der Waals surface area contributed by atoms with Gasteiger partial charge in [0.2, 0.25) is 5.56 Å². The summed E-state index contributed by atoms with van der Waals surface area (Å²) in [5, 5.41) is 6.52. The number of aromatic nitrogens is 1. The fraction of sp³-hybridized carbons (Fsp3) is 0.429. The molecule has 2 aromatic rings. The Bertz CT molecular complexity index is 950. The molecule has 2 rings (SSSR count). The van der Waals surface area contributed by atoms with Crippen molar-refractivity contribution in [3.63, 3.8) is 0 Å². The maximum absolute atomic E-state index is 11.7. The Balaban J connectivity index is 1.75. The molecule has 0 aliphatic carbocycles. The van der Waals surface area contributed by atoms with Crippen LogP contribution in [-0.2, 0) is 22.8 Å². The van der Waals surface area contributed by atoms with Crippen LogP contribution in [0.5, 0.6) is 0 Å². The van der Waals surface area contributed by atoms with E-state index in [4.69, 9.17) is 0 Å². The molecule has 0 bridgehead atoms. The highest BCUT2D eigenvalue weighted by Crippen LogP contribution is 2.10. The summed E-state index contributed by atoms with van der Waals surface area (Å²) in [6, 6.07) is 12.1. The lowest BCUT2D eigenvalue weighted by Crippen LogP contribution is -2.38. The Labute approximate surface area is 172 Å². The van der Waals surface area contributed by atoms with Gasteiger partial charge in [0, 0.05) is 44.7 Å². The number of aliphatic imine (C=N–C) groups is 1. The topological polar surface area (TPSA) is 92.6 Å². The summed E-state index contributed by atoms with van der Waals surface area (Å²) >= 11 is 0. The molecule has 29 heavy (non-hydrogen) atoms. The van der Waals surface area contributed by atoms with E-state index in [-0.39, 0.29) is 5.56 Å². The highest BCUT2D eigenvalue weighted by atomic mass is 32.2. The summed E-state index contributed by atoms with van der Waals surface area (Å²) in [6.45, 7) is 4.86. The molecule has 0 saturated carbocycles. The lowest BCUT2D eigenvalue weighted by atomic mass is 10.1. The number of pyridine rings is 1. The predicted octanol–water partition coefficient (Wildman–Crippen LogP) is 1.83. The Morgan fingerprint density at radius 2 is 1.83 bits per heavy atom. The zero-order chi connectivity index (χ0) is 21.1. The minimum absolute atomic E-state index is 0.0237. The molecule has 0 saturated heterocycles. The van der Waals surface area contributed by atoms with Crippen LogP contribution in [0, 0.1) is 0 Å². The number of unbranched alkanes of at least 4 members (excludes halogenated alkanes) is 1. The first kappa shape index (κ1) is 22.7. The molecule has 0 fully saturated rings. The largest absolute Gasteiger partial charge is 0.357 e. The minimum atomic E-state index is -3.16. The van der Waals surface area contributed by atoms with Crippen molar-refractivity contribution in [2.45, 2.75) is 37.6 Å². The van der Waals surface area contributed by atoms with E-state index < -0.39 is 9.84 Å². The number of nitrogens with one attached hydrogen (secondary N) is 2. The third kappa shape index (κ3) is 8.11. The molecule has 0 aliphatic heterocycles. The molecular formula is C21H30N4O3S. The second-order valence-corrected chi connectivity index (χ2v) is 8.81. The molecule has 158 valence electrons. The molecule has 0 unspecified atom stereocenters. The van der Waals surface area contributed by atoms with Gasteiger partial charge in [-0.15, -0.1) is 0 Å². The Morgan fingerprint density at radius 1 is 1.07 bits per heavy atom. The summed E-state index contributed by atoms with van der Waals surface area (Å²) in [6.07, 6.45) is 5.57. The van der Waals surface area contributed by atoms with E-state index in [0.717, 1.165) is 37.3 Å². The monoisotopic (exact) mass is 418 g/mol. The lowest BCUT2D eigenvalue weighted by Gasteiger charge is -2.11. The third-order valence-corrected chi connectivity index (χ3v) is 5.51. The van der Waals surface area contributed by atoms with Gasteiger partial charge in [-0.25, -0.2) is 8.42 Å². The average Bonchev–Trinajstić information content (AvgIpc) is 2.69. The van der Waals surface area contributed by atoms with Gasteiger partial charge >= 0.3 is 0 Å². The number of hydrogen-bond donors (Lipinski definition) is 2. The molecule has 0 spiro atoms. The molecule has 7 nitrogen and oxygen atoms in total. The number of rotatable bonds is 10. The Hall–Kier alpha value is -2.61. The van der Waals surface area contributed by atoms with Crippen LogP contribution in [0.1, 0.15) is 25.3 Å². The van der Waals surface area contributed by atoms with Crippen molar-refractivity contribution in [3.05, 3.63) is 64.6 Å². The van der Waals surface area contributed by atoms with Crippen LogP contribution in [0.25, 0.3) is 0 Å². The van der Waals surface area contributed by atoms with Gasteiger partial charge in [-0.2, -0.15) is 0 Å². The van der Waals surface area contributed by atoms with Crippen LogP contribution in [0.4, 0.5) is 0 Å². The molecule has 0 aliphatic rings. The van der Waals surface area contributed by atoms with Crippen molar-refractivity contribution in [1.29, 1.82) is 0 Å². The Kier molecular flexibility index (Phi) is 8.92. The number of aryl methyl sites for hydroxylation is 1. The number of nitrogens with zero attached hydrogens (tertiary/aromatic N) is 2. The maximum atomic E-state index is 11.7. The number of benzene rings is 1. The first-order chi connectivity index (χ1) is 13.9. The van der Waals surface area contributed by atoms with Crippen LogP contribution in [0.3, 0.4) is 0 Å². The van der Waals surface area contributed by atoms with Gasteiger partial charge in [-0.3, -0.25) is 9.79 Å². The molecule has 1 aromatic carbocycles. The van der Waals surface area contributed by atoms with E-state index >= 15 is 0 Å². The Morgan fingerprint density at radius 3 is 2.48 bits per heavy atom. The SMILES string of the molecule is CCNC(=NCCCCn1ccccc1=O)NCCc1ccc(S(C)(=O)=O)cc1. The van der Waals surface area contributed by atoms with Crippen molar-refractivity contribution >= 4 is 15.8 Å². The highest BCUT2D eigenvalue weighted by Gasteiger charge is 2.06. The van der Waals surface area contributed by atoms with Gasteiger partial charge < -0.3 is 15.2 Å². The van der Waals surface area contributed by atoms with Crippen molar-refractivity contribution in [2.24, 2.45) is 4.99 Å². The van der Waals surface area contributed by atoms with Gasteiger partial charge in [-0.05, 0) is 49.9 Å². The van der Waals surface area contributed by atoms with E-state index in [1.807, 2.05) is 25.1 Å². The fourth-order valence-corrected chi connectivity index (χ4v) is 3.43. The third-order valence-electron chi connectivity index (χ3n) is 4.38. The zero-order valence-electron chi connectivity index (χ0n) is 17.1. The summed E-state index contributed by atoms with van der Waals surface area (Å²) in [5.41, 5.74) is 1.09. The number of guanidine groups is 1. The number of hydrogen-bond acceptors (Lipinski definition) is 4. The summed E-state index contributed by atoms with van der Waals surface area (Å²) < 4.78 is 24.7. The van der Waals surface area contributed by atoms with Gasteiger partial charge in [0.05, 0.1) is 4.90 Å². The minimum Gasteiger partial charge on any atom is -0.357 e. The first-order valence-corrected chi connectivity index (χ1v) is 11.8. The quantitative estimate of drug-likeness (QED) is 0.349.